The van der Waals surface area contributed by atoms with Crippen molar-refractivity contribution in [2.75, 3.05) is 26.3 Å². The van der Waals surface area contributed by atoms with E-state index in [2.05, 4.69) is 67.5 Å². The number of nitrogens with one attached hydrogen (secondary N) is 1. The Kier molecular flexibility index (Phi) is 4.46. The van der Waals surface area contributed by atoms with Crippen molar-refractivity contribution >= 4 is 0 Å². The van der Waals surface area contributed by atoms with Crippen LogP contribution in [-0.2, 0) is 10.3 Å². The van der Waals surface area contributed by atoms with Crippen molar-refractivity contribution in [3.05, 3.63) is 41.2 Å². The minimum absolute atomic E-state index is 0.133. The summed E-state index contributed by atoms with van der Waals surface area (Å²) in [4.78, 5) is 1.46. The summed E-state index contributed by atoms with van der Waals surface area (Å²) in [6.45, 7) is 12.0. The SMILES string of the molecule is Cc1ccc([C@@H](c2nnnn2C(C)(C)C)[NH+]2CCOCC2)cc1. The van der Waals surface area contributed by atoms with Gasteiger partial charge >= 0.3 is 0 Å². The highest BCUT2D eigenvalue weighted by Crippen LogP contribution is 2.22. The van der Waals surface area contributed by atoms with E-state index < -0.39 is 0 Å². The highest BCUT2D eigenvalue weighted by Gasteiger charge is 2.35. The van der Waals surface area contributed by atoms with Crippen LogP contribution in [0.5, 0.6) is 0 Å². The normalized spacial score (nSPS) is 18.1. The zero-order chi connectivity index (χ0) is 16.4. The van der Waals surface area contributed by atoms with E-state index in [4.69, 9.17) is 4.74 Å². The molecule has 23 heavy (non-hydrogen) atoms. The van der Waals surface area contributed by atoms with Crippen LogP contribution in [0, 0.1) is 6.92 Å². The van der Waals surface area contributed by atoms with Crippen molar-refractivity contribution in [2.24, 2.45) is 0 Å². The van der Waals surface area contributed by atoms with Crippen molar-refractivity contribution in [3.8, 4) is 0 Å². The molecule has 1 atom stereocenters. The summed E-state index contributed by atoms with van der Waals surface area (Å²) in [6.07, 6.45) is 0. The molecule has 1 aromatic carbocycles. The van der Waals surface area contributed by atoms with Crippen LogP contribution >= 0.6 is 0 Å². The highest BCUT2D eigenvalue weighted by molar-refractivity contribution is 5.26. The summed E-state index contributed by atoms with van der Waals surface area (Å²) in [6, 6.07) is 8.85. The Balaban J connectivity index is 2.05. The molecule has 3 rings (SSSR count). The highest BCUT2D eigenvalue weighted by atomic mass is 16.5. The topological polar surface area (TPSA) is 57.3 Å². The quantitative estimate of drug-likeness (QED) is 0.907. The van der Waals surface area contributed by atoms with Gasteiger partial charge in [0.05, 0.1) is 18.8 Å². The van der Waals surface area contributed by atoms with Gasteiger partial charge < -0.3 is 9.64 Å². The van der Waals surface area contributed by atoms with E-state index >= 15 is 0 Å². The Morgan fingerprint density at radius 3 is 2.39 bits per heavy atom. The van der Waals surface area contributed by atoms with E-state index in [9.17, 15) is 0 Å². The van der Waals surface area contributed by atoms with Gasteiger partial charge in [-0.1, -0.05) is 29.8 Å². The Morgan fingerprint density at radius 2 is 1.78 bits per heavy atom. The molecule has 1 saturated heterocycles. The summed E-state index contributed by atoms with van der Waals surface area (Å²) in [5, 5.41) is 12.6. The molecule has 124 valence electrons. The summed E-state index contributed by atoms with van der Waals surface area (Å²) in [7, 11) is 0. The van der Waals surface area contributed by atoms with Crippen LogP contribution in [0.2, 0.25) is 0 Å². The second-order valence-corrected chi connectivity index (χ2v) is 7.23. The number of hydrogen-bond acceptors (Lipinski definition) is 4. The molecule has 0 amide bonds. The molecule has 1 N–H and O–H groups in total. The molecule has 0 unspecified atom stereocenters. The second-order valence-electron chi connectivity index (χ2n) is 7.23. The van der Waals surface area contributed by atoms with Gasteiger partial charge in [0, 0.05) is 5.56 Å². The van der Waals surface area contributed by atoms with E-state index in [1.165, 1.54) is 16.0 Å². The number of ether oxygens (including phenoxy) is 1. The minimum Gasteiger partial charge on any atom is -0.370 e. The average molecular weight is 316 g/mol. The zero-order valence-corrected chi connectivity index (χ0v) is 14.4. The van der Waals surface area contributed by atoms with Crippen LogP contribution in [0.15, 0.2) is 24.3 Å². The average Bonchev–Trinajstić information content (AvgIpc) is 3.00. The van der Waals surface area contributed by atoms with Crippen molar-refractivity contribution in [1.29, 1.82) is 0 Å². The van der Waals surface area contributed by atoms with E-state index in [1.54, 1.807) is 0 Å². The standard InChI is InChI=1S/C17H25N5O/c1-13-5-7-14(8-6-13)15(21-9-11-23-12-10-21)16-18-19-20-22(16)17(2,3)4/h5-8,15H,9-12H2,1-4H3/p+1/t15-/m0/s1. The van der Waals surface area contributed by atoms with Gasteiger partial charge in [-0.25, -0.2) is 4.68 Å². The first-order valence-corrected chi connectivity index (χ1v) is 8.24. The summed E-state index contributed by atoms with van der Waals surface area (Å²) >= 11 is 0. The lowest BCUT2D eigenvalue weighted by molar-refractivity contribution is -0.933. The molecule has 1 aromatic heterocycles. The number of hydrogen-bond donors (Lipinski definition) is 1. The molecule has 0 radical (unpaired) electrons. The van der Waals surface area contributed by atoms with Crippen LogP contribution < -0.4 is 4.90 Å². The van der Waals surface area contributed by atoms with Crippen molar-refractivity contribution in [3.63, 3.8) is 0 Å². The molecule has 0 aliphatic carbocycles. The van der Waals surface area contributed by atoms with Crippen LogP contribution in [0.3, 0.4) is 0 Å². The van der Waals surface area contributed by atoms with E-state index in [0.29, 0.717) is 0 Å². The van der Waals surface area contributed by atoms with E-state index in [1.807, 2.05) is 4.68 Å². The summed E-state index contributed by atoms with van der Waals surface area (Å²) < 4.78 is 7.50. The monoisotopic (exact) mass is 316 g/mol. The fourth-order valence-electron chi connectivity index (χ4n) is 3.10. The molecule has 1 aliphatic rings. The molecule has 1 fully saturated rings. The maximum atomic E-state index is 5.54. The van der Waals surface area contributed by atoms with Gasteiger partial charge in [-0.15, -0.1) is 5.10 Å². The number of benzene rings is 1. The maximum Gasteiger partial charge on any atom is 0.214 e. The molecule has 0 bridgehead atoms. The van der Waals surface area contributed by atoms with Gasteiger partial charge in [0.2, 0.25) is 5.82 Å². The first-order chi connectivity index (χ1) is 11.0. The lowest BCUT2D eigenvalue weighted by Gasteiger charge is -2.32. The fraction of sp³-hybridized carbons (Fsp3) is 0.588. The summed E-state index contributed by atoms with van der Waals surface area (Å²) in [5.41, 5.74) is 2.38. The first kappa shape index (κ1) is 16.1. The third-order valence-corrected chi connectivity index (χ3v) is 4.34. The maximum absolute atomic E-state index is 5.54. The van der Waals surface area contributed by atoms with Crippen molar-refractivity contribution < 1.29 is 9.64 Å². The molecule has 1 aliphatic heterocycles. The molecular formula is C17H26N5O+. The first-order valence-electron chi connectivity index (χ1n) is 8.24. The second kappa shape index (κ2) is 6.37. The van der Waals surface area contributed by atoms with Crippen LogP contribution in [-0.4, -0.2) is 46.5 Å². The van der Waals surface area contributed by atoms with Gasteiger partial charge in [-0.05, 0) is 38.1 Å². The van der Waals surface area contributed by atoms with Crippen LogP contribution in [0.25, 0.3) is 0 Å². The molecule has 2 heterocycles. The summed E-state index contributed by atoms with van der Waals surface area (Å²) in [5.74, 6) is 0.929. The number of aromatic nitrogens is 4. The lowest BCUT2D eigenvalue weighted by Crippen LogP contribution is -3.14. The van der Waals surface area contributed by atoms with Crippen LogP contribution in [0.1, 0.15) is 43.8 Å². The van der Waals surface area contributed by atoms with Gasteiger partial charge in [-0.2, -0.15) is 0 Å². The van der Waals surface area contributed by atoms with Gasteiger partial charge in [0.25, 0.3) is 0 Å². The van der Waals surface area contributed by atoms with Gasteiger partial charge in [0.1, 0.15) is 13.1 Å². The largest absolute Gasteiger partial charge is 0.370 e. The number of nitrogens with zero attached hydrogens (tertiary/aromatic N) is 4. The molecule has 2 aromatic rings. The van der Waals surface area contributed by atoms with E-state index in [-0.39, 0.29) is 11.6 Å². The number of morpholine rings is 1. The molecule has 0 saturated carbocycles. The number of rotatable bonds is 3. The molecular weight excluding hydrogens is 290 g/mol. The third kappa shape index (κ3) is 3.43. The molecule has 0 spiro atoms. The van der Waals surface area contributed by atoms with Gasteiger partial charge in [-0.3, -0.25) is 0 Å². The Hall–Kier alpha value is -1.79. The number of tetrazole rings is 1. The van der Waals surface area contributed by atoms with E-state index in [0.717, 1.165) is 32.1 Å². The smallest absolute Gasteiger partial charge is 0.214 e. The number of quaternary nitrogens is 1. The molecule has 6 heteroatoms. The predicted octanol–water partition coefficient (Wildman–Crippen LogP) is 0.741. The number of aryl methyl sites for hydroxylation is 1. The predicted molar refractivity (Wildman–Crippen MR) is 87.4 cm³/mol. The van der Waals surface area contributed by atoms with Crippen LogP contribution in [0.4, 0.5) is 0 Å². The Labute approximate surface area is 137 Å². The fourth-order valence-corrected chi connectivity index (χ4v) is 3.10. The van der Waals surface area contributed by atoms with Crippen molar-refractivity contribution in [1.82, 2.24) is 20.2 Å². The van der Waals surface area contributed by atoms with Crippen molar-refractivity contribution in [2.45, 2.75) is 39.3 Å². The minimum atomic E-state index is -0.145. The lowest BCUT2D eigenvalue weighted by atomic mass is 10.0. The Bertz CT molecular complexity index is 638. The third-order valence-electron chi connectivity index (χ3n) is 4.34. The molecule has 6 nitrogen and oxygen atoms in total. The van der Waals surface area contributed by atoms with Gasteiger partial charge in [0.15, 0.2) is 6.04 Å². The Morgan fingerprint density at radius 1 is 1.13 bits per heavy atom. The zero-order valence-electron chi connectivity index (χ0n) is 14.4.